The molecule has 3 N–H and O–H groups in total. The van der Waals surface area contributed by atoms with Gasteiger partial charge in [0.05, 0.1) is 6.10 Å². The maximum absolute atomic E-state index is 11.9. The van der Waals surface area contributed by atoms with Crippen molar-refractivity contribution in [2.24, 2.45) is 5.73 Å². The number of nitrogens with one attached hydrogen (secondary N) is 1. The van der Waals surface area contributed by atoms with Crippen LogP contribution in [0.1, 0.15) is 41.6 Å². The van der Waals surface area contributed by atoms with Crippen LogP contribution in [0.4, 0.5) is 0 Å². The SMILES string of the molecule is Cc1ccccc1C(=O)NOC1CCC(N)CC1. The topological polar surface area (TPSA) is 64.3 Å². The van der Waals surface area contributed by atoms with Crippen molar-refractivity contribution >= 4 is 5.91 Å². The number of nitrogens with two attached hydrogens (primary N) is 1. The Kier molecular flexibility index (Phi) is 4.33. The Morgan fingerprint density at radius 2 is 1.94 bits per heavy atom. The van der Waals surface area contributed by atoms with Gasteiger partial charge in [-0.3, -0.25) is 9.63 Å². The molecule has 0 spiro atoms. The van der Waals surface area contributed by atoms with Crippen molar-refractivity contribution in [3.05, 3.63) is 35.4 Å². The van der Waals surface area contributed by atoms with Gasteiger partial charge in [-0.1, -0.05) is 18.2 Å². The van der Waals surface area contributed by atoms with Crippen molar-refractivity contribution in [2.75, 3.05) is 0 Å². The predicted molar refractivity (Wildman–Crippen MR) is 70.0 cm³/mol. The molecule has 4 nitrogen and oxygen atoms in total. The van der Waals surface area contributed by atoms with E-state index in [0.717, 1.165) is 31.2 Å². The molecule has 0 saturated heterocycles. The number of amides is 1. The number of hydrogen-bond acceptors (Lipinski definition) is 3. The Labute approximate surface area is 107 Å². The third kappa shape index (κ3) is 3.31. The molecule has 0 radical (unpaired) electrons. The average Bonchev–Trinajstić information content (AvgIpc) is 2.38. The number of hydrogen-bond donors (Lipinski definition) is 2. The van der Waals surface area contributed by atoms with E-state index in [1.807, 2.05) is 25.1 Å². The molecule has 2 rings (SSSR count). The van der Waals surface area contributed by atoms with Gasteiger partial charge < -0.3 is 5.73 Å². The minimum Gasteiger partial charge on any atom is -0.328 e. The first-order valence-electron chi connectivity index (χ1n) is 6.44. The summed E-state index contributed by atoms with van der Waals surface area (Å²) in [6, 6.07) is 7.76. The van der Waals surface area contributed by atoms with Crippen LogP contribution in [0.15, 0.2) is 24.3 Å². The Morgan fingerprint density at radius 1 is 1.28 bits per heavy atom. The number of benzene rings is 1. The van der Waals surface area contributed by atoms with Crippen LogP contribution in [0.3, 0.4) is 0 Å². The second kappa shape index (κ2) is 5.98. The van der Waals surface area contributed by atoms with Crippen LogP contribution in [-0.2, 0) is 4.84 Å². The lowest BCUT2D eigenvalue weighted by Crippen LogP contribution is -2.35. The summed E-state index contributed by atoms with van der Waals surface area (Å²) in [5.41, 5.74) is 9.97. The largest absolute Gasteiger partial charge is 0.328 e. The Morgan fingerprint density at radius 3 is 2.61 bits per heavy atom. The highest BCUT2D eigenvalue weighted by molar-refractivity contribution is 5.94. The Balaban J connectivity index is 1.84. The molecule has 0 aliphatic heterocycles. The summed E-state index contributed by atoms with van der Waals surface area (Å²) in [6.45, 7) is 1.91. The minimum atomic E-state index is -0.178. The van der Waals surface area contributed by atoms with Crippen LogP contribution >= 0.6 is 0 Å². The van der Waals surface area contributed by atoms with Crippen LogP contribution in [0.2, 0.25) is 0 Å². The van der Waals surface area contributed by atoms with E-state index in [-0.39, 0.29) is 18.1 Å². The summed E-state index contributed by atoms with van der Waals surface area (Å²) in [7, 11) is 0. The van der Waals surface area contributed by atoms with Crippen molar-refractivity contribution in [3.8, 4) is 0 Å². The van der Waals surface area contributed by atoms with Crippen molar-refractivity contribution in [1.82, 2.24) is 5.48 Å². The molecule has 1 aliphatic carbocycles. The summed E-state index contributed by atoms with van der Waals surface area (Å²) in [4.78, 5) is 17.4. The monoisotopic (exact) mass is 248 g/mol. The zero-order valence-electron chi connectivity index (χ0n) is 10.7. The molecule has 1 fully saturated rings. The number of aryl methyl sites for hydroxylation is 1. The van der Waals surface area contributed by atoms with Gasteiger partial charge in [0.2, 0.25) is 0 Å². The lowest BCUT2D eigenvalue weighted by Gasteiger charge is -2.25. The van der Waals surface area contributed by atoms with E-state index in [9.17, 15) is 4.79 Å². The minimum absolute atomic E-state index is 0.0952. The molecular weight excluding hydrogens is 228 g/mol. The molecule has 0 aromatic heterocycles. The van der Waals surface area contributed by atoms with Crippen LogP contribution < -0.4 is 11.2 Å². The maximum atomic E-state index is 11.9. The van der Waals surface area contributed by atoms with Crippen LogP contribution in [0.25, 0.3) is 0 Å². The van der Waals surface area contributed by atoms with Gasteiger partial charge in [-0.05, 0) is 44.2 Å². The number of rotatable bonds is 3. The van der Waals surface area contributed by atoms with Crippen molar-refractivity contribution < 1.29 is 9.63 Å². The molecule has 0 bridgehead atoms. The lowest BCUT2D eigenvalue weighted by atomic mass is 9.94. The second-order valence-corrected chi connectivity index (χ2v) is 4.90. The molecule has 1 aliphatic rings. The molecule has 18 heavy (non-hydrogen) atoms. The van der Waals surface area contributed by atoms with E-state index in [1.165, 1.54) is 0 Å². The normalized spacial score (nSPS) is 23.7. The smallest absolute Gasteiger partial charge is 0.275 e. The summed E-state index contributed by atoms with van der Waals surface area (Å²) in [6.07, 6.45) is 3.85. The van der Waals surface area contributed by atoms with E-state index in [1.54, 1.807) is 6.07 Å². The van der Waals surface area contributed by atoms with Gasteiger partial charge in [0.15, 0.2) is 0 Å². The van der Waals surface area contributed by atoms with Gasteiger partial charge >= 0.3 is 0 Å². The van der Waals surface area contributed by atoms with E-state index in [2.05, 4.69) is 5.48 Å². The molecule has 0 heterocycles. The fourth-order valence-corrected chi connectivity index (χ4v) is 2.23. The van der Waals surface area contributed by atoms with Crippen LogP contribution in [0, 0.1) is 6.92 Å². The van der Waals surface area contributed by atoms with E-state index < -0.39 is 0 Å². The summed E-state index contributed by atoms with van der Waals surface area (Å²) >= 11 is 0. The number of hydroxylamine groups is 1. The summed E-state index contributed by atoms with van der Waals surface area (Å²) < 4.78 is 0. The van der Waals surface area contributed by atoms with Crippen molar-refractivity contribution in [1.29, 1.82) is 0 Å². The van der Waals surface area contributed by atoms with Gasteiger partial charge in [0, 0.05) is 11.6 Å². The van der Waals surface area contributed by atoms with Gasteiger partial charge in [0.25, 0.3) is 5.91 Å². The van der Waals surface area contributed by atoms with E-state index >= 15 is 0 Å². The van der Waals surface area contributed by atoms with Gasteiger partial charge in [-0.2, -0.15) is 0 Å². The first-order valence-corrected chi connectivity index (χ1v) is 6.44. The summed E-state index contributed by atoms with van der Waals surface area (Å²) in [5, 5.41) is 0. The molecule has 0 atom stereocenters. The fraction of sp³-hybridized carbons (Fsp3) is 0.500. The Hall–Kier alpha value is -1.39. The molecule has 4 heteroatoms. The third-order valence-electron chi connectivity index (χ3n) is 3.43. The highest BCUT2D eigenvalue weighted by atomic mass is 16.7. The third-order valence-corrected chi connectivity index (χ3v) is 3.43. The van der Waals surface area contributed by atoms with Crippen molar-refractivity contribution in [2.45, 2.75) is 44.8 Å². The number of carbonyl (C=O) groups excluding carboxylic acids is 1. The first-order chi connectivity index (χ1) is 8.66. The highest BCUT2D eigenvalue weighted by Gasteiger charge is 2.20. The summed E-state index contributed by atoms with van der Waals surface area (Å²) in [5.74, 6) is -0.178. The van der Waals surface area contributed by atoms with E-state index in [4.69, 9.17) is 10.6 Å². The average molecular weight is 248 g/mol. The Bertz CT molecular complexity index is 412. The lowest BCUT2D eigenvalue weighted by molar-refractivity contribution is -0.0331. The van der Waals surface area contributed by atoms with E-state index in [0.29, 0.717) is 5.56 Å². The molecule has 0 unspecified atom stereocenters. The van der Waals surface area contributed by atoms with Gasteiger partial charge in [-0.25, -0.2) is 5.48 Å². The zero-order valence-corrected chi connectivity index (χ0v) is 10.7. The van der Waals surface area contributed by atoms with Gasteiger partial charge in [0.1, 0.15) is 0 Å². The molecular formula is C14H20N2O2. The van der Waals surface area contributed by atoms with Crippen LogP contribution in [-0.4, -0.2) is 18.1 Å². The molecule has 98 valence electrons. The maximum Gasteiger partial charge on any atom is 0.275 e. The number of carbonyl (C=O) groups is 1. The fourth-order valence-electron chi connectivity index (χ4n) is 2.23. The van der Waals surface area contributed by atoms with Gasteiger partial charge in [-0.15, -0.1) is 0 Å². The standard InChI is InChI=1S/C14H20N2O2/c1-10-4-2-3-5-13(10)14(17)16-18-12-8-6-11(15)7-9-12/h2-5,11-12H,6-9,15H2,1H3,(H,16,17). The first kappa shape index (κ1) is 13.1. The predicted octanol–water partition coefficient (Wildman–Crippen LogP) is 1.93. The van der Waals surface area contributed by atoms with Crippen molar-refractivity contribution in [3.63, 3.8) is 0 Å². The zero-order chi connectivity index (χ0) is 13.0. The molecule has 1 aromatic carbocycles. The molecule has 1 amide bonds. The molecule has 1 saturated carbocycles. The quantitative estimate of drug-likeness (QED) is 0.803. The molecule has 1 aromatic rings. The van der Waals surface area contributed by atoms with Crippen LogP contribution in [0.5, 0.6) is 0 Å². The second-order valence-electron chi connectivity index (χ2n) is 4.90. The highest BCUT2D eigenvalue weighted by Crippen LogP contribution is 2.19.